The molecule has 1 unspecified atom stereocenters. The molecule has 0 aliphatic heterocycles. The van der Waals surface area contributed by atoms with Crippen molar-refractivity contribution in [1.82, 2.24) is 23.9 Å². The van der Waals surface area contributed by atoms with Crippen LogP contribution in [-0.2, 0) is 0 Å². The number of hydrogen-bond acceptors (Lipinski definition) is 7. The third-order valence-corrected chi connectivity index (χ3v) is 4.33. The Morgan fingerprint density at radius 2 is 1.96 bits per heavy atom. The van der Waals surface area contributed by atoms with Gasteiger partial charge >= 0.3 is 5.69 Å². The monoisotopic (exact) mass is 372 g/mol. The van der Waals surface area contributed by atoms with E-state index < -0.39 is 6.04 Å². The number of nitriles is 1. The molecule has 0 aliphatic rings. The number of benzene rings is 1. The number of rotatable bonds is 4. The molecule has 1 aromatic carbocycles. The fraction of sp³-hybridized carbons (Fsp3) is 0.105. The lowest BCUT2D eigenvalue weighted by atomic mass is 10.2. The van der Waals surface area contributed by atoms with Gasteiger partial charge in [0, 0.05) is 6.20 Å². The SMILES string of the molecule is CC(Nc1ncnc(N)c1C#N)c1nc2cccn2c(=O)n1-c1ccccc1. The molecule has 0 bridgehead atoms. The molecule has 138 valence electrons. The number of nitrogens with two attached hydrogens (primary N) is 1. The maximum Gasteiger partial charge on any atom is 0.339 e. The van der Waals surface area contributed by atoms with Crippen LogP contribution in [0, 0.1) is 11.3 Å². The summed E-state index contributed by atoms with van der Waals surface area (Å²) in [5.41, 5.74) is 6.88. The van der Waals surface area contributed by atoms with Crippen molar-refractivity contribution in [3.8, 4) is 11.8 Å². The molecule has 0 saturated heterocycles. The topological polar surface area (TPSA) is 127 Å². The van der Waals surface area contributed by atoms with Crippen LogP contribution >= 0.6 is 0 Å². The second-order valence-corrected chi connectivity index (χ2v) is 6.12. The summed E-state index contributed by atoms with van der Waals surface area (Å²) in [6, 6.07) is 14.3. The Morgan fingerprint density at radius 3 is 2.71 bits per heavy atom. The van der Waals surface area contributed by atoms with Crippen molar-refractivity contribution in [2.24, 2.45) is 0 Å². The molecule has 0 saturated carbocycles. The number of nitrogens with one attached hydrogen (secondary N) is 1. The Morgan fingerprint density at radius 1 is 1.18 bits per heavy atom. The molecule has 3 N–H and O–H groups in total. The number of fused-ring (bicyclic) bond motifs is 1. The molecule has 4 rings (SSSR count). The lowest BCUT2D eigenvalue weighted by Gasteiger charge is -2.20. The first kappa shape index (κ1) is 17.2. The maximum absolute atomic E-state index is 13.1. The molecule has 3 heterocycles. The zero-order chi connectivity index (χ0) is 19.7. The van der Waals surface area contributed by atoms with Crippen molar-refractivity contribution >= 4 is 17.3 Å². The van der Waals surface area contributed by atoms with Crippen LogP contribution in [0.15, 0.2) is 59.8 Å². The highest BCUT2D eigenvalue weighted by Gasteiger charge is 2.20. The van der Waals surface area contributed by atoms with E-state index in [1.165, 1.54) is 15.3 Å². The van der Waals surface area contributed by atoms with Gasteiger partial charge in [0.15, 0.2) is 0 Å². The Balaban J connectivity index is 1.88. The summed E-state index contributed by atoms with van der Waals surface area (Å²) in [7, 11) is 0. The average molecular weight is 372 g/mol. The van der Waals surface area contributed by atoms with E-state index in [0.29, 0.717) is 17.2 Å². The highest BCUT2D eigenvalue weighted by atomic mass is 16.1. The first-order valence-electron chi connectivity index (χ1n) is 8.52. The molecule has 9 heteroatoms. The van der Waals surface area contributed by atoms with Crippen LogP contribution in [0.2, 0.25) is 0 Å². The number of anilines is 2. The van der Waals surface area contributed by atoms with E-state index in [0.717, 1.165) is 0 Å². The van der Waals surface area contributed by atoms with E-state index in [9.17, 15) is 10.1 Å². The maximum atomic E-state index is 13.1. The third-order valence-electron chi connectivity index (χ3n) is 4.33. The molecule has 3 aromatic heterocycles. The lowest BCUT2D eigenvalue weighted by molar-refractivity contribution is 0.694. The Hall–Kier alpha value is -4.19. The summed E-state index contributed by atoms with van der Waals surface area (Å²) in [6.07, 6.45) is 2.95. The molecule has 0 fully saturated rings. The molecule has 0 spiro atoms. The number of nitrogen functional groups attached to an aromatic ring is 1. The Labute approximate surface area is 159 Å². The normalized spacial score (nSPS) is 11.9. The summed E-state index contributed by atoms with van der Waals surface area (Å²) in [5.74, 6) is 0.845. The minimum atomic E-state index is -0.450. The van der Waals surface area contributed by atoms with Crippen LogP contribution < -0.4 is 16.7 Å². The van der Waals surface area contributed by atoms with Crippen molar-refractivity contribution in [3.63, 3.8) is 0 Å². The number of nitrogens with zero attached hydrogens (tertiary/aromatic N) is 6. The second kappa shape index (κ2) is 6.85. The van der Waals surface area contributed by atoms with E-state index in [4.69, 9.17) is 5.73 Å². The van der Waals surface area contributed by atoms with E-state index in [2.05, 4.69) is 20.3 Å². The summed E-state index contributed by atoms with van der Waals surface area (Å²) >= 11 is 0. The molecule has 0 aliphatic carbocycles. The van der Waals surface area contributed by atoms with Gasteiger partial charge in [-0.25, -0.2) is 24.3 Å². The van der Waals surface area contributed by atoms with Crippen LogP contribution in [0.4, 0.5) is 11.6 Å². The highest BCUT2D eigenvalue weighted by Crippen LogP contribution is 2.22. The van der Waals surface area contributed by atoms with Gasteiger partial charge in [-0.3, -0.25) is 4.40 Å². The zero-order valence-corrected chi connectivity index (χ0v) is 14.9. The zero-order valence-electron chi connectivity index (χ0n) is 14.9. The van der Waals surface area contributed by atoms with Gasteiger partial charge in [-0.2, -0.15) is 5.26 Å². The van der Waals surface area contributed by atoms with Crippen LogP contribution in [0.1, 0.15) is 24.4 Å². The quantitative estimate of drug-likeness (QED) is 0.560. The van der Waals surface area contributed by atoms with E-state index in [1.54, 1.807) is 18.3 Å². The number of hydrogen-bond donors (Lipinski definition) is 2. The van der Waals surface area contributed by atoms with Crippen LogP contribution in [0.25, 0.3) is 11.3 Å². The summed E-state index contributed by atoms with van der Waals surface area (Å²) in [5, 5.41) is 12.5. The third kappa shape index (κ3) is 2.83. The Kier molecular flexibility index (Phi) is 4.21. The molecule has 0 amide bonds. The van der Waals surface area contributed by atoms with Crippen molar-refractivity contribution < 1.29 is 0 Å². The van der Waals surface area contributed by atoms with Gasteiger partial charge in [0.2, 0.25) is 0 Å². The van der Waals surface area contributed by atoms with Crippen molar-refractivity contribution in [3.05, 3.63) is 76.9 Å². The first-order valence-corrected chi connectivity index (χ1v) is 8.52. The first-order chi connectivity index (χ1) is 13.6. The molecular weight excluding hydrogens is 356 g/mol. The van der Waals surface area contributed by atoms with Crippen LogP contribution in [-0.4, -0.2) is 23.9 Å². The minimum Gasteiger partial charge on any atom is -0.382 e. The largest absolute Gasteiger partial charge is 0.382 e. The van der Waals surface area contributed by atoms with Crippen molar-refractivity contribution in [1.29, 1.82) is 5.26 Å². The minimum absolute atomic E-state index is 0.0858. The molecule has 9 nitrogen and oxygen atoms in total. The van der Waals surface area contributed by atoms with Gasteiger partial charge in [-0.1, -0.05) is 18.2 Å². The number of aromatic nitrogens is 5. The summed E-state index contributed by atoms with van der Waals surface area (Å²) < 4.78 is 3.01. The van der Waals surface area contributed by atoms with Crippen LogP contribution in [0.5, 0.6) is 0 Å². The fourth-order valence-electron chi connectivity index (χ4n) is 3.00. The van der Waals surface area contributed by atoms with Gasteiger partial charge in [-0.05, 0) is 31.2 Å². The highest BCUT2D eigenvalue weighted by molar-refractivity contribution is 5.62. The predicted molar refractivity (Wildman–Crippen MR) is 104 cm³/mol. The molecule has 0 radical (unpaired) electrons. The van der Waals surface area contributed by atoms with Gasteiger partial charge in [0.05, 0.1) is 11.7 Å². The Bertz CT molecular complexity index is 1250. The molecular formula is C19H16N8O. The predicted octanol–water partition coefficient (Wildman–Crippen LogP) is 1.90. The van der Waals surface area contributed by atoms with Crippen LogP contribution in [0.3, 0.4) is 0 Å². The van der Waals surface area contributed by atoms with Crippen molar-refractivity contribution in [2.45, 2.75) is 13.0 Å². The van der Waals surface area contributed by atoms with E-state index in [-0.39, 0.29) is 22.9 Å². The van der Waals surface area contributed by atoms with E-state index in [1.807, 2.05) is 43.3 Å². The fourth-order valence-corrected chi connectivity index (χ4v) is 3.00. The molecule has 1 atom stereocenters. The standard InChI is InChI=1S/C19H16N8O/c1-12(24-17-14(10-20)16(21)22-11-23-17)18-25-15-8-5-9-26(15)19(28)27(18)13-6-3-2-4-7-13/h2-9,11-12H,1H3,(H3,21,22,23,24). The van der Waals surface area contributed by atoms with Gasteiger partial charge in [0.1, 0.15) is 41.1 Å². The van der Waals surface area contributed by atoms with Gasteiger partial charge in [0.25, 0.3) is 0 Å². The second-order valence-electron chi connectivity index (χ2n) is 6.12. The number of para-hydroxylation sites is 1. The lowest BCUT2D eigenvalue weighted by Crippen LogP contribution is -2.31. The smallest absolute Gasteiger partial charge is 0.339 e. The summed E-state index contributed by atoms with van der Waals surface area (Å²) in [6.45, 7) is 1.83. The molecule has 4 aromatic rings. The van der Waals surface area contributed by atoms with E-state index >= 15 is 0 Å². The molecule has 28 heavy (non-hydrogen) atoms. The van der Waals surface area contributed by atoms with Gasteiger partial charge < -0.3 is 11.1 Å². The van der Waals surface area contributed by atoms with Crippen molar-refractivity contribution in [2.75, 3.05) is 11.1 Å². The van der Waals surface area contributed by atoms with Gasteiger partial charge in [-0.15, -0.1) is 0 Å². The summed E-state index contributed by atoms with van der Waals surface area (Å²) in [4.78, 5) is 25.7. The average Bonchev–Trinajstić information content (AvgIpc) is 3.18.